The molecular formula is C9H17NO2. The standard InChI is InChI=1S/C9H17NO2/c1-2-10-8-6-4-3-5-7-9(11)12/h2,10H,1,3-8H2,(H,11,12). The lowest BCUT2D eigenvalue weighted by Crippen LogP contribution is -2.05. The van der Waals surface area contributed by atoms with Crippen LogP contribution in [0.3, 0.4) is 0 Å². The summed E-state index contributed by atoms with van der Waals surface area (Å²) >= 11 is 0. The van der Waals surface area contributed by atoms with Gasteiger partial charge in [0.15, 0.2) is 0 Å². The number of nitrogens with one attached hydrogen (secondary N) is 1. The second-order valence-corrected chi connectivity index (χ2v) is 2.72. The Morgan fingerprint density at radius 3 is 2.58 bits per heavy atom. The van der Waals surface area contributed by atoms with E-state index in [0.29, 0.717) is 6.42 Å². The van der Waals surface area contributed by atoms with Gasteiger partial charge in [-0.2, -0.15) is 0 Å². The lowest BCUT2D eigenvalue weighted by Gasteiger charge is -1.99. The van der Waals surface area contributed by atoms with Gasteiger partial charge >= 0.3 is 5.97 Å². The zero-order chi connectivity index (χ0) is 9.23. The Morgan fingerprint density at radius 2 is 2.00 bits per heavy atom. The first kappa shape index (κ1) is 11.0. The van der Waals surface area contributed by atoms with Crippen molar-refractivity contribution in [1.29, 1.82) is 0 Å². The summed E-state index contributed by atoms with van der Waals surface area (Å²) < 4.78 is 0. The van der Waals surface area contributed by atoms with Crippen LogP contribution in [0.5, 0.6) is 0 Å². The number of unbranched alkanes of at least 4 members (excludes halogenated alkanes) is 3. The third-order valence-corrected chi connectivity index (χ3v) is 1.61. The third kappa shape index (κ3) is 9.01. The van der Waals surface area contributed by atoms with Gasteiger partial charge in [-0.1, -0.05) is 19.4 Å². The van der Waals surface area contributed by atoms with Gasteiger partial charge < -0.3 is 10.4 Å². The number of rotatable bonds is 8. The summed E-state index contributed by atoms with van der Waals surface area (Å²) in [4.78, 5) is 10.1. The summed E-state index contributed by atoms with van der Waals surface area (Å²) in [5, 5.41) is 11.3. The molecule has 0 unspecified atom stereocenters. The molecule has 0 heterocycles. The molecular weight excluding hydrogens is 154 g/mol. The molecule has 0 aliphatic heterocycles. The number of carboxylic acid groups (broad SMARTS) is 1. The number of carboxylic acids is 1. The molecule has 0 rings (SSSR count). The van der Waals surface area contributed by atoms with E-state index in [-0.39, 0.29) is 0 Å². The predicted molar refractivity (Wildman–Crippen MR) is 48.9 cm³/mol. The molecule has 0 bridgehead atoms. The van der Waals surface area contributed by atoms with Crippen molar-refractivity contribution in [3.05, 3.63) is 12.8 Å². The Morgan fingerprint density at radius 1 is 1.33 bits per heavy atom. The molecule has 0 fully saturated rings. The average molecular weight is 171 g/mol. The Labute approximate surface area is 73.5 Å². The van der Waals surface area contributed by atoms with Crippen LogP contribution in [0.15, 0.2) is 12.8 Å². The SMILES string of the molecule is C=CNCCCCCCC(=O)O. The molecule has 12 heavy (non-hydrogen) atoms. The number of carbonyl (C=O) groups is 1. The fourth-order valence-corrected chi connectivity index (χ4v) is 0.959. The summed E-state index contributed by atoms with van der Waals surface area (Å²) in [5.74, 6) is -0.695. The summed E-state index contributed by atoms with van der Waals surface area (Å²) in [6.45, 7) is 4.47. The van der Waals surface area contributed by atoms with E-state index in [0.717, 1.165) is 32.2 Å². The molecule has 0 aromatic rings. The number of aliphatic carboxylic acids is 1. The van der Waals surface area contributed by atoms with E-state index in [4.69, 9.17) is 5.11 Å². The van der Waals surface area contributed by atoms with Crippen molar-refractivity contribution < 1.29 is 9.90 Å². The minimum absolute atomic E-state index is 0.300. The van der Waals surface area contributed by atoms with Gasteiger partial charge in [0.25, 0.3) is 0 Å². The van der Waals surface area contributed by atoms with E-state index in [2.05, 4.69) is 11.9 Å². The van der Waals surface area contributed by atoms with Gasteiger partial charge in [0.05, 0.1) is 0 Å². The minimum atomic E-state index is -0.695. The zero-order valence-electron chi connectivity index (χ0n) is 7.38. The first-order valence-electron chi connectivity index (χ1n) is 4.33. The van der Waals surface area contributed by atoms with Crippen LogP contribution in [0.25, 0.3) is 0 Å². The number of hydrogen-bond acceptors (Lipinski definition) is 2. The van der Waals surface area contributed by atoms with Crippen molar-refractivity contribution in [2.24, 2.45) is 0 Å². The molecule has 0 spiro atoms. The molecule has 0 aromatic carbocycles. The maximum Gasteiger partial charge on any atom is 0.303 e. The van der Waals surface area contributed by atoms with Gasteiger partial charge in [0.2, 0.25) is 0 Å². The molecule has 3 heteroatoms. The normalized spacial score (nSPS) is 9.33. The van der Waals surface area contributed by atoms with Crippen molar-refractivity contribution in [2.75, 3.05) is 6.54 Å². The highest BCUT2D eigenvalue weighted by atomic mass is 16.4. The highest BCUT2D eigenvalue weighted by Gasteiger charge is 1.95. The van der Waals surface area contributed by atoms with Crippen LogP contribution in [0.2, 0.25) is 0 Å². The molecule has 0 aliphatic rings. The predicted octanol–water partition coefficient (Wildman–Crippen LogP) is 1.75. The summed E-state index contributed by atoms with van der Waals surface area (Å²) in [6.07, 6.45) is 5.96. The molecule has 0 aromatic heterocycles. The Kier molecular flexibility index (Phi) is 7.44. The van der Waals surface area contributed by atoms with Crippen LogP contribution in [0, 0.1) is 0 Å². The van der Waals surface area contributed by atoms with Crippen LogP contribution >= 0.6 is 0 Å². The Bertz CT molecular complexity index is 134. The first-order chi connectivity index (χ1) is 5.77. The van der Waals surface area contributed by atoms with Crippen LogP contribution in [-0.4, -0.2) is 17.6 Å². The molecule has 2 N–H and O–H groups in total. The van der Waals surface area contributed by atoms with Gasteiger partial charge in [0, 0.05) is 13.0 Å². The van der Waals surface area contributed by atoms with Crippen LogP contribution in [0.1, 0.15) is 32.1 Å². The van der Waals surface area contributed by atoms with Gasteiger partial charge in [-0.25, -0.2) is 0 Å². The molecule has 0 radical (unpaired) electrons. The highest BCUT2D eigenvalue weighted by molar-refractivity contribution is 5.66. The van der Waals surface area contributed by atoms with Crippen molar-refractivity contribution in [1.82, 2.24) is 5.32 Å². The highest BCUT2D eigenvalue weighted by Crippen LogP contribution is 2.01. The van der Waals surface area contributed by atoms with Crippen LogP contribution < -0.4 is 5.32 Å². The molecule has 0 atom stereocenters. The van der Waals surface area contributed by atoms with E-state index >= 15 is 0 Å². The zero-order valence-corrected chi connectivity index (χ0v) is 7.38. The molecule has 3 nitrogen and oxygen atoms in total. The van der Waals surface area contributed by atoms with Crippen LogP contribution in [0.4, 0.5) is 0 Å². The minimum Gasteiger partial charge on any atom is -0.481 e. The molecule has 70 valence electrons. The number of hydrogen-bond donors (Lipinski definition) is 2. The summed E-state index contributed by atoms with van der Waals surface area (Å²) in [7, 11) is 0. The van der Waals surface area contributed by atoms with E-state index in [1.165, 1.54) is 0 Å². The summed E-state index contributed by atoms with van der Waals surface area (Å²) in [5.41, 5.74) is 0. The van der Waals surface area contributed by atoms with E-state index < -0.39 is 5.97 Å². The molecule has 0 saturated carbocycles. The van der Waals surface area contributed by atoms with Crippen LogP contribution in [-0.2, 0) is 4.79 Å². The maximum atomic E-state index is 10.1. The van der Waals surface area contributed by atoms with E-state index in [1.54, 1.807) is 6.20 Å². The fraction of sp³-hybridized carbons (Fsp3) is 0.667. The van der Waals surface area contributed by atoms with Gasteiger partial charge in [-0.3, -0.25) is 4.79 Å². The van der Waals surface area contributed by atoms with E-state index in [1.807, 2.05) is 0 Å². The average Bonchev–Trinajstić information content (AvgIpc) is 2.02. The second-order valence-electron chi connectivity index (χ2n) is 2.72. The molecule has 0 saturated heterocycles. The molecule has 0 aliphatic carbocycles. The van der Waals surface area contributed by atoms with Crippen molar-refractivity contribution >= 4 is 5.97 Å². The quantitative estimate of drug-likeness (QED) is 0.547. The van der Waals surface area contributed by atoms with E-state index in [9.17, 15) is 4.79 Å². The lowest BCUT2D eigenvalue weighted by molar-refractivity contribution is -0.137. The smallest absolute Gasteiger partial charge is 0.303 e. The largest absolute Gasteiger partial charge is 0.481 e. The van der Waals surface area contributed by atoms with Gasteiger partial charge in [0.1, 0.15) is 0 Å². The monoisotopic (exact) mass is 171 g/mol. The summed E-state index contributed by atoms with van der Waals surface area (Å²) in [6, 6.07) is 0. The third-order valence-electron chi connectivity index (χ3n) is 1.61. The van der Waals surface area contributed by atoms with Gasteiger partial charge in [-0.05, 0) is 19.0 Å². The first-order valence-corrected chi connectivity index (χ1v) is 4.33. The van der Waals surface area contributed by atoms with Gasteiger partial charge in [-0.15, -0.1) is 0 Å². The Hall–Kier alpha value is -0.990. The van der Waals surface area contributed by atoms with Crippen molar-refractivity contribution in [2.45, 2.75) is 32.1 Å². The Balaban J connectivity index is 2.90. The topological polar surface area (TPSA) is 49.3 Å². The maximum absolute atomic E-state index is 10.1. The van der Waals surface area contributed by atoms with Crippen molar-refractivity contribution in [3.63, 3.8) is 0 Å². The van der Waals surface area contributed by atoms with Crippen molar-refractivity contribution in [3.8, 4) is 0 Å². The second kappa shape index (κ2) is 8.11. The molecule has 0 amide bonds. The fourth-order valence-electron chi connectivity index (χ4n) is 0.959. The lowest BCUT2D eigenvalue weighted by atomic mass is 10.1.